The summed E-state index contributed by atoms with van der Waals surface area (Å²) >= 11 is 3.21. The standard InChI is InChI=1S/C15H9BrN4O2/c16-13-12(14(21)18-15(13)22)10-8-19(20-7-3-6-17-20)11-5-2-1-4-9(10)11/h1-8H,(H,18,21,22). The third-order valence-electron chi connectivity index (χ3n) is 3.55. The van der Waals surface area contributed by atoms with Gasteiger partial charge in [0.1, 0.15) is 0 Å². The third kappa shape index (κ3) is 1.75. The number of nitrogens with one attached hydrogen (secondary N) is 1. The molecule has 0 radical (unpaired) electrons. The van der Waals surface area contributed by atoms with Gasteiger partial charge < -0.3 is 0 Å². The van der Waals surface area contributed by atoms with E-state index < -0.39 is 11.8 Å². The quantitative estimate of drug-likeness (QED) is 0.713. The lowest BCUT2D eigenvalue weighted by Gasteiger charge is -2.03. The Morgan fingerprint density at radius 2 is 1.91 bits per heavy atom. The van der Waals surface area contributed by atoms with Crippen molar-refractivity contribution in [3.8, 4) is 0 Å². The number of rotatable bonds is 2. The first-order valence-electron chi connectivity index (χ1n) is 6.53. The summed E-state index contributed by atoms with van der Waals surface area (Å²) in [6, 6.07) is 9.46. The van der Waals surface area contributed by atoms with E-state index in [4.69, 9.17) is 0 Å². The summed E-state index contributed by atoms with van der Waals surface area (Å²) in [6.07, 6.45) is 5.28. The summed E-state index contributed by atoms with van der Waals surface area (Å²) in [5.74, 6) is -0.823. The first-order chi connectivity index (χ1) is 10.7. The van der Waals surface area contributed by atoms with E-state index in [2.05, 4.69) is 26.3 Å². The van der Waals surface area contributed by atoms with Gasteiger partial charge in [-0.25, -0.2) is 4.68 Å². The monoisotopic (exact) mass is 356 g/mol. The van der Waals surface area contributed by atoms with Crippen molar-refractivity contribution in [2.24, 2.45) is 0 Å². The van der Waals surface area contributed by atoms with Gasteiger partial charge >= 0.3 is 0 Å². The molecule has 4 rings (SSSR count). The number of benzene rings is 1. The number of fused-ring (bicyclic) bond motifs is 1. The fourth-order valence-corrected chi connectivity index (χ4v) is 3.09. The minimum Gasteiger partial charge on any atom is -0.288 e. The Morgan fingerprint density at radius 1 is 1.09 bits per heavy atom. The van der Waals surface area contributed by atoms with Crippen LogP contribution in [0.15, 0.2) is 53.4 Å². The number of aromatic nitrogens is 3. The van der Waals surface area contributed by atoms with E-state index in [0.717, 1.165) is 10.9 Å². The molecule has 22 heavy (non-hydrogen) atoms. The number of carbonyl (C=O) groups is 2. The first kappa shape index (κ1) is 13.0. The molecule has 1 aliphatic rings. The Bertz CT molecular complexity index is 953. The van der Waals surface area contributed by atoms with Crippen molar-refractivity contribution >= 4 is 44.2 Å². The smallest absolute Gasteiger partial charge is 0.265 e. The summed E-state index contributed by atoms with van der Waals surface area (Å²) in [4.78, 5) is 25.4. The predicted octanol–water partition coefficient (Wildman–Crippen LogP) is 1.91. The van der Waals surface area contributed by atoms with Crippen molar-refractivity contribution < 1.29 is 9.59 Å². The van der Waals surface area contributed by atoms with Crippen LogP contribution in [-0.2, 0) is 9.59 Å². The van der Waals surface area contributed by atoms with E-state index >= 15 is 0 Å². The highest BCUT2D eigenvalue weighted by atomic mass is 79.9. The molecule has 3 heterocycles. The van der Waals surface area contributed by atoms with E-state index in [1.165, 1.54) is 0 Å². The van der Waals surface area contributed by atoms with Crippen molar-refractivity contribution in [2.45, 2.75) is 0 Å². The molecule has 0 unspecified atom stereocenters. The maximum Gasteiger partial charge on any atom is 0.265 e. The molecule has 108 valence electrons. The largest absolute Gasteiger partial charge is 0.288 e. The highest BCUT2D eigenvalue weighted by Crippen LogP contribution is 2.33. The van der Waals surface area contributed by atoms with Crippen LogP contribution in [0.3, 0.4) is 0 Å². The summed E-state index contributed by atoms with van der Waals surface area (Å²) in [6.45, 7) is 0. The number of hydrogen-bond donors (Lipinski definition) is 1. The van der Waals surface area contributed by atoms with Crippen molar-refractivity contribution in [3.05, 3.63) is 59.0 Å². The van der Waals surface area contributed by atoms with Crippen molar-refractivity contribution in [1.29, 1.82) is 0 Å². The lowest BCUT2D eigenvalue weighted by molar-refractivity contribution is -0.123. The van der Waals surface area contributed by atoms with Gasteiger partial charge in [-0.2, -0.15) is 9.89 Å². The van der Waals surface area contributed by atoms with Gasteiger partial charge in [-0.05, 0) is 28.1 Å². The highest BCUT2D eigenvalue weighted by molar-refractivity contribution is 9.12. The predicted molar refractivity (Wildman–Crippen MR) is 84.0 cm³/mol. The van der Waals surface area contributed by atoms with Gasteiger partial charge in [0.15, 0.2) is 0 Å². The summed E-state index contributed by atoms with van der Waals surface area (Å²) < 4.78 is 2.08. The topological polar surface area (TPSA) is 68.9 Å². The van der Waals surface area contributed by atoms with Crippen LogP contribution in [-0.4, -0.2) is 26.4 Å². The Hall–Kier alpha value is -2.67. The number of halogens is 1. The molecule has 0 spiro atoms. The molecule has 2 amide bonds. The van der Waals surface area contributed by atoms with Crippen LogP contribution in [0.1, 0.15) is 5.56 Å². The number of imide groups is 1. The molecule has 0 saturated carbocycles. The Kier molecular flexibility index (Phi) is 2.77. The molecule has 0 fully saturated rings. The average Bonchev–Trinajstić information content (AvgIpc) is 3.19. The summed E-state index contributed by atoms with van der Waals surface area (Å²) in [5, 5.41) is 7.38. The van der Waals surface area contributed by atoms with Crippen molar-refractivity contribution in [3.63, 3.8) is 0 Å². The van der Waals surface area contributed by atoms with Gasteiger partial charge in [0.25, 0.3) is 11.8 Å². The fraction of sp³-hybridized carbons (Fsp3) is 0. The van der Waals surface area contributed by atoms with Crippen LogP contribution in [0.5, 0.6) is 0 Å². The lowest BCUT2D eigenvalue weighted by atomic mass is 10.1. The molecule has 6 nitrogen and oxygen atoms in total. The molecular formula is C15H9BrN4O2. The molecule has 1 aromatic carbocycles. The SMILES string of the molecule is O=C1NC(=O)C(c2cn(-n3cccn3)c3ccccc23)=C1Br. The molecule has 1 aliphatic heterocycles. The van der Waals surface area contributed by atoms with Gasteiger partial charge in [0.05, 0.1) is 21.8 Å². The summed E-state index contributed by atoms with van der Waals surface area (Å²) in [5.41, 5.74) is 1.91. The molecule has 0 aliphatic carbocycles. The Labute approximate surface area is 133 Å². The van der Waals surface area contributed by atoms with Crippen LogP contribution in [0.25, 0.3) is 16.5 Å². The van der Waals surface area contributed by atoms with E-state index in [0.29, 0.717) is 11.1 Å². The third-order valence-corrected chi connectivity index (χ3v) is 4.30. The average molecular weight is 357 g/mol. The molecule has 0 atom stereocenters. The maximum atomic E-state index is 12.1. The first-order valence-corrected chi connectivity index (χ1v) is 7.32. The van der Waals surface area contributed by atoms with Crippen LogP contribution in [0.4, 0.5) is 0 Å². The molecule has 2 aromatic heterocycles. The number of amides is 2. The molecule has 0 bridgehead atoms. The Balaban J connectivity index is 2.05. The fourth-order valence-electron chi connectivity index (χ4n) is 2.59. The van der Waals surface area contributed by atoms with E-state index in [-0.39, 0.29) is 4.48 Å². The van der Waals surface area contributed by atoms with E-state index in [1.54, 1.807) is 23.4 Å². The zero-order valence-electron chi connectivity index (χ0n) is 11.2. The van der Waals surface area contributed by atoms with Gasteiger partial charge in [-0.1, -0.05) is 18.2 Å². The molecule has 7 heteroatoms. The zero-order chi connectivity index (χ0) is 15.3. The molecule has 0 saturated heterocycles. The van der Waals surface area contributed by atoms with Gasteiger partial charge in [0, 0.05) is 23.3 Å². The minimum atomic E-state index is -0.420. The normalized spacial score (nSPS) is 15.0. The van der Waals surface area contributed by atoms with Gasteiger partial charge in [-0.3, -0.25) is 14.9 Å². The number of nitrogens with zero attached hydrogens (tertiary/aromatic N) is 3. The number of carbonyl (C=O) groups excluding carboxylic acids is 2. The van der Waals surface area contributed by atoms with Crippen LogP contribution in [0.2, 0.25) is 0 Å². The summed E-state index contributed by atoms with van der Waals surface area (Å²) in [7, 11) is 0. The second-order valence-electron chi connectivity index (χ2n) is 4.80. The maximum absolute atomic E-state index is 12.1. The van der Waals surface area contributed by atoms with Crippen molar-refractivity contribution in [2.75, 3.05) is 0 Å². The van der Waals surface area contributed by atoms with E-state index in [1.807, 2.05) is 35.0 Å². The van der Waals surface area contributed by atoms with Gasteiger partial charge in [0.2, 0.25) is 0 Å². The lowest BCUT2D eigenvalue weighted by Crippen LogP contribution is -2.22. The second-order valence-corrected chi connectivity index (χ2v) is 5.60. The number of hydrogen-bond acceptors (Lipinski definition) is 3. The zero-order valence-corrected chi connectivity index (χ0v) is 12.7. The number of para-hydroxylation sites is 1. The van der Waals surface area contributed by atoms with Gasteiger partial charge in [-0.15, -0.1) is 0 Å². The van der Waals surface area contributed by atoms with E-state index in [9.17, 15) is 9.59 Å². The van der Waals surface area contributed by atoms with Crippen molar-refractivity contribution in [1.82, 2.24) is 19.9 Å². The Morgan fingerprint density at radius 3 is 2.59 bits per heavy atom. The molecule has 1 N–H and O–H groups in total. The molecular weight excluding hydrogens is 348 g/mol. The van der Waals surface area contributed by atoms with Crippen LogP contribution >= 0.6 is 15.9 Å². The molecule has 3 aromatic rings. The van der Waals surface area contributed by atoms with Crippen LogP contribution < -0.4 is 5.32 Å². The minimum absolute atomic E-state index is 0.251. The second kappa shape index (κ2) is 4.67. The highest BCUT2D eigenvalue weighted by Gasteiger charge is 2.31. The van der Waals surface area contributed by atoms with Crippen LogP contribution in [0, 0.1) is 0 Å².